The summed E-state index contributed by atoms with van der Waals surface area (Å²) in [5, 5.41) is 1.08. The van der Waals surface area contributed by atoms with Crippen LogP contribution < -0.4 is 0 Å². The highest BCUT2D eigenvalue weighted by Gasteiger charge is 2.27. The van der Waals surface area contributed by atoms with E-state index in [1.807, 2.05) is 35.2 Å². The molecule has 1 fully saturated rings. The third-order valence-electron chi connectivity index (χ3n) is 3.72. The van der Waals surface area contributed by atoms with Crippen LogP contribution in [0.15, 0.2) is 30.3 Å². The van der Waals surface area contributed by atoms with Gasteiger partial charge in [-0.1, -0.05) is 25.1 Å². The van der Waals surface area contributed by atoms with Crippen LogP contribution in [0.2, 0.25) is 0 Å². The first-order valence-corrected chi connectivity index (χ1v) is 6.76. The van der Waals surface area contributed by atoms with Gasteiger partial charge in [0, 0.05) is 17.4 Å². The fraction of sp³-hybridized carbons (Fsp3) is 0.400. The Bertz CT molecular complexity index is 558. The lowest BCUT2D eigenvalue weighted by molar-refractivity contribution is -0.00305. The highest BCUT2D eigenvalue weighted by molar-refractivity contribution is 5.98. The molecule has 0 radical (unpaired) electrons. The number of H-pyrrole nitrogens is 1. The molecule has 0 saturated carbocycles. The van der Waals surface area contributed by atoms with Gasteiger partial charge >= 0.3 is 0 Å². The molecule has 1 atom stereocenters. The van der Waals surface area contributed by atoms with Crippen molar-refractivity contribution in [3.8, 4) is 0 Å². The van der Waals surface area contributed by atoms with Gasteiger partial charge in [0.2, 0.25) is 0 Å². The molecule has 19 heavy (non-hydrogen) atoms. The number of ether oxygens (including phenoxy) is 1. The van der Waals surface area contributed by atoms with Crippen LogP contribution in [0.4, 0.5) is 0 Å². The number of carbonyl (C=O) groups is 1. The zero-order chi connectivity index (χ0) is 13.2. The van der Waals surface area contributed by atoms with Gasteiger partial charge in [-0.15, -0.1) is 0 Å². The van der Waals surface area contributed by atoms with Crippen molar-refractivity contribution in [2.45, 2.75) is 19.4 Å². The summed E-state index contributed by atoms with van der Waals surface area (Å²) >= 11 is 0. The van der Waals surface area contributed by atoms with E-state index in [4.69, 9.17) is 4.74 Å². The first-order valence-electron chi connectivity index (χ1n) is 6.76. The van der Waals surface area contributed by atoms with Crippen molar-refractivity contribution in [3.05, 3.63) is 36.0 Å². The lowest BCUT2D eigenvalue weighted by Crippen LogP contribution is -2.48. The van der Waals surface area contributed by atoms with Crippen molar-refractivity contribution in [1.82, 2.24) is 9.88 Å². The van der Waals surface area contributed by atoms with Gasteiger partial charge in [-0.2, -0.15) is 0 Å². The Labute approximate surface area is 112 Å². The third-order valence-corrected chi connectivity index (χ3v) is 3.72. The summed E-state index contributed by atoms with van der Waals surface area (Å²) in [6.45, 7) is 4.03. The molecule has 2 heterocycles. The zero-order valence-corrected chi connectivity index (χ0v) is 11.1. The van der Waals surface area contributed by atoms with E-state index in [1.165, 1.54) is 0 Å². The van der Waals surface area contributed by atoms with Crippen LogP contribution >= 0.6 is 0 Å². The minimum Gasteiger partial charge on any atom is -0.377 e. The van der Waals surface area contributed by atoms with Crippen molar-refractivity contribution in [3.63, 3.8) is 0 Å². The van der Waals surface area contributed by atoms with E-state index in [1.54, 1.807) is 0 Å². The molecular weight excluding hydrogens is 240 g/mol. The average molecular weight is 258 g/mol. The molecule has 1 aromatic heterocycles. The van der Waals surface area contributed by atoms with Gasteiger partial charge in [0.15, 0.2) is 0 Å². The Kier molecular flexibility index (Phi) is 3.25. The predicted molar refractivity (Wildman–Crippen MR) is 74.2 cm³/mol. The quantitative estimate of drug-likeness (QED) is 0.899. The lowest BCUT2D eigenvalue weighted by Gasteiger charge is -2.34. The minimum atomic E-state index is 0.0753. The molecule has 1 amide bonds. The fourth-order valence-corrected chi connectivity index (χ4v) is 2.60. The normalized spacial score (nSPS) is 19.8. The molecule has 3 rings (SSSR count). The molecule has 4 heteroatoms. The van der Waals surface area contributed by atoms with Gasteiger partial charge in [0.1, 0.15) is 5.69 Å². The molecule has 0 aliphatic carbocycles. The van der Waals surface area contributed by atoms with E-state index in [9.17, 15) is 4.79 Å². The van der Waals surface area contributed by atoms with Gasteiger partial charge in [-0.05, 0) is 18.6 Å². The maximum Gasteiger partial charge on any atom is 0.270 e. The largest absolute Gasteiger partial charge is 0.377 e. The molecule has 100 valence electrons. The molecule has 1 aromatic carbocycles. The Morgan fingerprint density at radius 1 is 1.47 bits per heavy atom. The summed E-state index contributed by atoms with van der Waals surface area (Å²) in [6.07, 6.45) is 0.923. The van der Waals surface area contributed by atoms with Crippen molar-refractivity contribution in [1.29, 1.82) is 0 Å². The number of amides is 1. The second kappa shape index (κ2) is 5.05. The second-order valence-corrected chi connectivity index (χ2v) is 4.91. The number of carbonyl (C=O) groups excluding carboxylic acids is 1. The number of para-hydroxylation sites is 1. The number of hydrogen-bond acceptors (Lipinski definition) is 2. The molecule has 2 aromatic rings. The summed E-state index contributed by atoms with van der Waals surface area (Å²) in [6, 6.07) is 10.1. The molecule has 1 N–H and O–H groups in total. The average Bonchev–Trinajstić information content (AvgIpc) is 2.90. The van der Waals surface area contributed by atoms with Crippen molar-refractivity contribution in [2.75, 3.05) is 19.8 Å². The zero-order valence-electron chi connectivity index (χ0n) is 11.1. The maximum absolute atomic E-state index is 12.6. The molecule has 4 nitrogen and oxygen atoms in total. The van der Waals surface area contributed by atoms with E-state index in [-0.39, 0.29) is 11.9 Å². The Morgan fingerprint density at radius 2 is 2.32 bits per heavy atom. The van der Waals surface area contributed by atoms with Crippen LogP contribution in [0.5, 0.6) is 0 Å². The van der Waals surface area contributed by atoms with Crippen LogP contribution in [-0.2, 0) is 4.74 Å². The lowest BCUT2D eigenvalue weighted by atomic mass is 10.1. The number of aromatic amines is 1. The SMILES string of the molecule is CCC1COCCN1C(=O)c1cc2ccccc2[nH]1. The van der Waals surface area contributed by atoms with E-state index < -0.39 is 0 Å². The van der Waals surface area contributed by atoms with Gasteiger partial charge in [0.25, 0.3) is 5.91 Å². The van der Waals surface area contributed by atoms with E-state index >= 15 is 0 Å². The first kappa shape index (κ1) is 12.2. The Morgan fingerprint density at radius 3 is 3.11 bits per heavy atom. The topological polar surface area (TPSA) is 45.3 Å². The highest BCUT2D eigenvalue weighted by Crippen LogP contribution is 2.19. The summed E-state index contributed by atoms with van der Waals surface area (Å²) < 4.78 is 5.44. The fourth-order valence-electron chi connectivity index (χ4n) is 2.60. The van der Waals surface area contributed by atoms with Gasteiger partial charge < -0.3 is 14.6 Å². The number of hydrogen-bond donors (Lipinski definition) is 1. The van der Waals surface area contributed by atoms with Gasteiger partial charge in [-0.25, -0.2) is 0 Å². The Balaban J connectivity index is 1.89. The summed E-state index contributed by atoms with van der Waals surface area (Å²) in [4.78, 5) is 17.7. The molecule has 0 bridgehead atoms. The predicted octanol–water partition coefficient (Wildman–Crippen LogP) is 2.42. The van der Waals surface area contributed by atoms with Crippen LogP contribution in [0.3, 0.4) is 0 Å². The highest BCUT2D eigenvalue weighted by atomic mass is 16.5. The van der Waals surface area contributed by atoms with Crippen molar-refractivity contribution >= 4 is 16.8 Å². The molecular formula is C15H18N2O2. The minimum absolute atomic E-state index is 0.0753. The number of aromatic nitrogens is 1. The number of rotatable bonds is 2. The first-order chi connectivity index (χ1) is 9.29. The molecule has 1 aliphatic heterocycles. The smallest absolute Gasteiger partial charge is 0.270 e. The maximum atomic E-state index is 12.6. The summed E-state index contributed by atoms with van der Waals surface area (Å²) in [5.41, 5.74) is 1.67. The molecule has 1 unspecified atom stereocenters. The number of benzene rings is 1. The summed E-state index contributed by atoms with van der Waals surface area (Å²) in [5.74, 6) is 0.0753. The van der Waals surface area contributed by atoms with E-state index in [2.05, 4.69) is 11.9 Å². The number of morpholine rings is 1. The summed E-state index contributed by atoms with van der Waals surface area (Å²) in [7, 11) is 0. The number of fused-ring (bicyclic) bond motifs is 1. The third kappa shape index (κ3) is 2.24. The van der Waals surface area contributed by atoms with Gasteiger partial charge in [0.05, 0.1) is 19.3 Å². The van der Waals surface area contributed by atoms with Crippen molar-refractivity contribution in [2.24, 2.45) is 0 Å². The van der Waals surface area contributed by atoms with Crippen LogP contribution in [0.1, 0.15) is 23.8 Å². The standard InChI is InChI=1S/C15H18N2O2/c1-2-12-10-19-8-7-17(12)15(18)14-9-11-5-3-4-6-13(11)16-14/h3-6,9,12,16H,2,7-8,10H2,1H3. The van der Waals surface area contributed by atoms with Crippen molar-refractivity contribution < 1.29 is 9.53 Å². The molecule has 1 aliphatic rings. The number of nitrogens with zero attached hydrogens (tertiary/aromatic N) is 1. The molecule has 0 spiro atoms. The van der Waals surface area contributed by atoms with Gasteiger partial charge in [-0.3, -0.25) is 4.79 Å². The number of nitrogens with one attached hydrogen (secondary N) is 1. The second-order valence-electron chi connectivity index (χ2n) is 4.91. The monoisotopic (exact) mass is 258 g/mol. The van der Waals surface area contributed by atoms with Crippen LogP contribution in [0, 0.1) is 0 Å². The van der Waals surface area contributed by atoms with E-state index in [0.29, 0.717) is 25.5 Å². The molecule has 1 saturated heterocycles. The van der Waals surface area contributed by atoms with Crippen LogP contribution in [0.25, 0.3) is 10.9 Å². The Hall–Kier alpha value is -1.81. The van der Waals surface area contributed by atoms with Crippen LogP contribution in [-0.4, -0.2) is 41.6 Å². The van der Waals surface area contributed by atoms with E-state index in [0.717, 1.165) is 17.3 Å².